The van der Waals surface area contributed by atoms with Gasteiger partial charge in [0, 0.05) is 56.6 Å². The van der Waals surface area contributed by atoms with E-state index in [2.05, 4.69) is 161 Å². The third kappa shape index (κ3) is 5.28. The first kappa shape index (κ1) is 32.1. The standard InChI is InChI=1S/C51H35N5/c1-4-14-34(15-5-1)44-33-45(35-16-6-2-7-17-35)54-50(53-44)36-25-28-39(29-26-36)56-48-32-37(27-30-41(48)42-22-13-31-52-51(42)56)40-21-12-24-47-49(40)43-20-10-11-23-46(43)55(47)38-18-8-3-9-19-38/h1-33,43,46H. The number of fused-ring (bicyclic) bond motifs is 6. The van der Waals surface area contributed by atoms with E-state index < -0.39 is 0 Å². The van der Waals surface area contributed by atoms with Gasteiger partial charge >= 0.3 is 0 Å². The van der Waals surface area contributed by atoms with Crippen molar-refractivity contribution < 1.29 is 0 Å². The van der Waals surface area contributed by atoms with Crippen molar-refractivity contribution in [1.29, 1.82) is 0 Å². The van der Waals surface area contributed by atoms with Crippen LogP contribution in [0.3, 0.4) is 0 Å². The summed E-state index contributed by atoms with van der Waals surface area (Å²) in [5, 5.41) is 2.29. The molecule has 9 aromatic rings. The average Bonchev–Trinajstić information content (AvgIpc) is 3.80. The topological polar surface area (TPSA) is 46.8 Å². The van der Waals surface area contributed by atoms with Crippen molar-refractivity contribution in [2.75, 3.05) is 4.90 Å². The van der Waals surface area contributed by atoms with Gasteiger partial charge in [-0.1, -0.05) is 127 Å². The number of hydrogen-bond acceptors (Lipinski definition) is 4. The summed E-state index contributed by atoms with van der Waals surface area (Å²) in [6.45, 7) is 0. The van der Waals surface area contributed by atoms with Crippen LogP contribution in [0, 0.1) is 0 Å². The Morgan fingerprint density at radius 2 is 1.16 bits per heavy atom. The van der Waals surface area contributed by atoms with E-state index in [1.165, 1.54) is 33.5 Å². The molecule has 264 valence electrons. The van der Waals surface area contributed by atoms with E-state index in [1.54, 1.807) is 0 Å². The second-order valence-corrected chi connectivity index (χ2v) is 14.4. The van der Waals surface area contributed by atoms with Gasteiger partial charge in [0.05, 0.1) is 22.9 Å². The van der Waals surface area contributed by atoms with Crippen LogP contribution in [0.4, 0.5) is 11.4 Å². The van der Waals surface area contributed by atoms with Gasteiger partial charge < -0.3 is 4.90 Å². The van der Waals surface area contributed by atoms with Crippen molar-refractivity contribution >= 4 is 33.3 Å². The third-order valence-electron chi connectivity index (χ3n) is 11.2. The van der Waals surface area contributed by atoms with E-state index in [0.717, 1.165) is 50.3 Å². The predicted molar refractivity (Wildman–Crippen MR) is 229 cm³/mol. The third-order valence-corrected chi connectivity index (χ3v) is 11.2. The maximum absolute atomic E-state index is 5.08. The quantitative estimate of drug-likeness (QED) is 0.172. The fourth-order valence-electron chi connectivity index (χ4n) is 8.66. The molecule has 0 N–H and O–H groups in total. The lowest BCUT2D eigenvalue weighted by molar-refractivity contribution is 0.745. The molecule has 0 amide bonds. The molecule has 3 aromatic heterocycles. The minimum absolute atomic E-state index is 0.220. The number of rotatable bonds is 6. The van der Waals surface area contributed by atoms with Crippen molar-refractivity contribution in [2.45, 2.75) is 12.0 Å². The van der Waals surface area contributed by atoms with E-state index in [1.807, 2.05) is 48.7 Å². The number of pyridine rings is 1. The lowest BCUT2D eigenvalue weighted by Crippen LogP contribution is -2.28. The van der Waals surface area contributed by atoms with Gasteiger partial charge in [-0.3, -0.25) is 4.57 Å². The van der Waals surface area contributed by atoms with Crippen LogP contribution in [0.5, 0.6) is 0 Å². The Morgan fingerprint density at radius 1 is 0.482 bits per heavy atom. The number of nitrogens with zero attached hydrogens (tertiary/aromatic N) is 5. The van der Waals surface area contributed by atoms with Crippen LogP contribution in [-0.2, 0) is 0 Å². The largest absolute Gasteiger partial charge is 0.333 e. The van der Waals surface area contributed by atoms with Gasteiger partial charge in [-0.2, -0.15) is 0 Å². The Balaban J connectivity index is 1.04. The van der Waals surface area contributed by atoms with Gasteiger partial charge in [-0.05, 0) is 83.4 Å². The van der Waals surface area contributed by atoms with Crippen molar-refractivity contribution in [3.05, 3.63) is 206 Å². The van der Waals surface area contributed by atoms with E-state index in [0.29, 0.717) is 5.82 Å². The van der Waals surface area contributed by atoms with Crippen molar-refractivity contribution in [3.63, 3.8) is 0 Å². The van der Waals surface area contributed by atoms with E-state index in [-0.39, 0.29) is 12.0 Å². The van der Waals surface area contributed by atoms with Gasteiger partial charge in [0.1, 0.15) is 5.65 Å². The Labute approximate surface area is 325 Å². The molecular formula is C51H35N5. The summed E-state index contributed by atoms with van der Waals surface area (Å²) in [4.78, 5) is 17.6. The SMILES string of the molecule is C1=CC2c3c(-c4ccc5c6cccnc6n(-c6ccc(-c7nc(-c8ccccc8)cc(-c8ccccc8)n7)cc6)c5c4)cccc3N(c3ccccc3)C2C=C1. The minimum atomic E-state index is 0.220. The van der Waals surface area contributed by atoms with E-state index >= 15 is 0 Å². The zero-order valence-corrected chi connectivity index (χ0v) is 30.4. The molecule has 0 radical (unpaired) electrons. The fourth-order valence-corrected chi connectivity index (χ4v) is 8.66. The van der Waals surface area contributed by atoms with Crippen LogP contribution in [0.25, 0.3) is 72.7 Å². The first-order chi connectivity index (χ1) is 27.8. The second kappa shape index (κ2) is 13.2. The fraction of sp³-hybridized carbons (Fsp3) is 0.0392. The maximum atomic E-state index is 5.08. The predicted octanol–water partition coefficient (Wildman–Crippen LogP) is 12.4. The monoisotopic (exact) mass is 717 g/mol. The molecule has 0 spiro atoms. The molecule has 56 heavy (non-hydrogen) atoms. The summed E-state index contributed by atoms with van der Waals surface area (Å²) in [5.41, 5.74) is 14.2. The lowest BCUT2D eigenvalue weighted by Gasteiger charge is -2.28. The summed E-state index contributed by atoms with van der Waals surface area (Å²) >= 11 is 0. The molecule has 0 bridgehead atoms. The zero-order valence-electron chi connectivity index (χ0n) is 30.4. The Hall–Kier alpha value is -7.37. The van der Waals surface area contributed by atoms with E-state index in [4.69, 9.17) is 15.0 Å². The molecule has 1 aliphatic heterocycles. The summed E-state index contributed by atoms with van der Waals surface area (Å²) in [6, 6.07) is 60.1. The van der Waals surface area contributed by atoms with Crippen LogP contribution in [-0.4, -0.2) is 25.6 Å². The number of anilines is 2. The Kier molecular flexibility index (Phi) is 7.56. The molecule has 6 aromatic carbocycles. The summed E-state index contributed by atoms with van der Waals surface area (Å²) < 4.78 is 2.29. The number of allylic oxidation sites excluding steroid dienone is 2. The van der Waals surface area contributed by atoms with Gasteiger partial charge in [0.25, 0.3) is 0 Å². The van der Waals surface area contributed by atoms with E-state index in [9.17, 15) is 0 Å². The lowest BCUT2D eigenvalue weighted by atomic mass is 9.86. The molecule has 2 unspecified atom stereocenters. The van der Waals surface area contributed by atoms with Crippen LogP contribution >= 0.6 is 0 Å². The second-order valence-electron chi connectivity index (χ2n) is 14.4. The molecule has 2 aliphatic rings. The molecule has 0 saturated heterocycles. The molecule has 1 aliphatic carbocycles. The molecule has 4 heterocycles. The molecule has 2 atom stereocenters. The summed E-state index contributed by atoms with van der Waals surface area (Å²) in [5.74, 6) is 0.930. The first-order valence-corrected chi connectivity index (χ1v) is 19.1. The number of aromatic nitrogens is 4. The van der Waals surface area contributed by atoms with Crippen molar-refractivity contribution in [1.82, 2.24) is 19.5 Å². The highest BCUT2D eigenvalue weighted by molar-refractivity contribution is 6.09. The van der Waals surface area contributed by atoms with Gasteiger partial charge in [0.2, 0.25) is 0 Å². The van der Waals surface area contributed by atoms with Crippen LogP contribution < -0.4 is 4.90 Å². The highest BCUT2D eigenvalue weighted by Gasteiger charge is 2.39. The molecule has 5 heteroatoms. The van der Waals surface area contributed by atoms with Crippen molar-refractivity contribution in [3.8, 4) is 50.7 Å². The summed E-state index contributed by atoms with van der Waals surface area (Å²) in [6.07, 6.45) is 11.0. The number of hydrogen-bond donors (Lipinski definition) is 0. The molecular weight excluding hydrogens is 683 g/mol. The van der Waals surface area contributed by atoms with Crippen LogP contribution in [0.2, 0.25) is 0 Å². The highest BCUT2D eigenvalue weighted by Crippen LogP contribution is 2.51. The zero-order chi connectivity index (χ0) is 37.0. The smallest absolute Gasteiger partial charge is 0.160 e. The molecule has 11 rings (SSSR count). The normalized spacial score (nSPS) is 15.7. The van der Waals surface area contributed by atoms with Crippen LogP contribution in [0.15, 0.2) is 200 Å². The van der Waals surface area contributed by atoms with Gasteiger partial charge in [-0.25, -0.2) is 15.0 Å². The Morgan fingerprint density at radius 3 is 1.89 bits per heavy atom. The van der Waals surface area contributed by atoms with Gasteiger partial charge in [0.15, 0.2) is 5.82 Å². The number of para-hydroxylation sites is 1. The molecule has 5 nitrogen and oxygen atoms in total. The minimum Gasteiger partial charge on any atom is -0.333 e. The highest BCUT2D eigenvalue weighted by atomic mass is 15.2. The summed E-state index contributed by atoms with van der Waals surface area (Å²) in [7, 11) is 0. The van der Waals surface area contributed by atoms with Crippen molar-refractivity contribution in [2.24, 2.45) is 0 Å². The molecule has 0 fully saturated rings. The van der Waals surface area contributed by atoms with Gasteiger partial charge in [-0.15, -0.1) is 0 Å². The molecule has 0 saturated carbocycles. The first-order valence-electron chi connectivity index (χ1n) is 19.1. The Bertz CT molecular complexity index is 2910. The average molecular weight is 718 g/mol. The van der Waals surface area contributed by atoms with Crippen LogP contribution in [0.1, 0.15) is 11.5 Å². The number of benzene rings is 6. The maximum Gasteiger partial charge on any atom is 0.160 e.